The van der Waals surface area contributed by atoms with Gasteiger partial charge in [-0.05, 0) is 38.0 Å². The molecule has 1 aromatic rings. The molecule has 0 aromatic heterocycles. The quantitative estimate of drug-likeness (QED) is 0.494. The van der Waals surface area contributed by atoms with Crippen molar-refractivity contribution in [3.63, 3.8) is 0 Å². The summed E-state index contributed by atoms with van der Waals surface area (Å²) in [5.74, 6) is -0.710. The molecular weight excluding hydrogens is 272 g/mol. The monoisotopic (exact) mass is 290 g/mol. The first-order valence-corrected chi connectivity index (χ1v) is 6.33. The molecule has 0 fully saturated rings. The summed E-state index contributed by atoms with van der Waals surface area (Å²) in [5, 5.41) is 9.00. The van der Waals surface area contributed by atoms with Gasteiger partial charge in [-0.3, -0.25) is 0 Å². The van der Waals surface area contributed by atoms with Crippen LogP contribution in [0.5, 0.6) is 11.5 Å². The van der Waals surface area contributed by atoms with E-state index in [1.165, 1.54) is 19.9 Å². The smallest absolute Gasteiger partial charge is 0.338 e. The molecule has 5 nitrogen and oxygen atoms in total. The van der Waals surface area contributed by atoms with E-state index in [1.54, 1.807) is 12.1 Å². The zero-order valence-corrected chi connectivity index (χ0v) is 12.1. The number of ether oxygens (including phenoxy) is 2. The predicted octanol–water partition coefficient (Wildman–Crippen LogP) is 2.18. The molecule has 0 heterocycles. The average Bonchev–Trinajstić information content (AvgIpc) is 2.38. The molecule has 0 atom stereocenters. The Labute approximate surface area is 123 Å². The number of hydrogen-bond acceptors (Lipinski definition) is 5. The number of benzene rings is 1. The second kappa shape index (κ2) is 7.40. The zero-order chi connectivity index (χ0) is 16.0. The van der Waals surface area contributed by atoms with Gasteiger partial charge >= 0.3 is 11.9 Å². The van der Waals surface area contributed by atoms with E-state index in [4.69, 9.17) is 14.6 Å². The van der Waals surface area contributed by atoms with Crippen molar-refractivity contribution >= 4 is 11.9 Å². The third-order valence-corrected chi connectivity index (χ3v) is 2.46. The zero-order valence-electron chi connectivity index (χ0n) is 12.1. The molecular formula is C16H18O5. The minimum absolute atomic E-state index is 0.0776. The molecule has 0 spiro atoms. The van der Waals surface area contributed by atoms with Crippen LogP contribution in [0.4, 0.5) is 0 Å². The van der Waals surface area contributed by atoms with E-state index in [0.717, 1.165) is 0 Å². The first kappa shape index (κ1) is 16.7. The van der Waals surface area contributed by atoms with Crippen LogP contribution in [0.3, 0.4) is 0 Å². The van der Waals surface area contributed by atoms with Crippen LogP contribution in [0.15, 0.2) is 42.5 Å². The van der Waals surface area contributed by atoms with Gasteiger partial charge in [0.2, 0.25) is 0 Å². The van der Waals surface area contributed by atoms with Gasteiger partial charge in [-0.2, -0.15) is 0 Å². The Kier molecular flexibility index (Phi) is 5.87. The number of aliphatic hydroxyl groups excluding tert-OH is 1. The summed E-state index contributed by atoms with van der Waals surface area (Å²) in [5.41, 5.74) is 1.18. The number of carbonyl (C=O) groups excluding carboxylic acids is 2. The topological polar surface area (TPSA) is 72.8 Å². The van der Waals surface area contributed by atoms with Gasteiger partial charge in [-0.1, -0.05) is 13.2 Å². The first-order chi connectivity index (χ1) is 9.83. The fourth-order valence-corrected chi connectivity index (χ4v) is 1.41. The highest BCUT2D eigenvalue weighted by Crippen LogP contribution is 2.24. The summed E-state index contributed by atoms with van der Waals surface area (Å²) in [6.07, 6.45) is 0.343. The first-order valence-electron chi connectivity index (χ1n) is 6.33. The Bertz CT molecular complexity index is 540. The van der Waals surface area contributed by atoms with Gasteiger partial charge in [-0.15, -0.1) is 0 Å². The maximum absolute atomic E-state index is 11.5. The lowest BCUT2D eigenvalue weighted by atomic mass is 10.1. The number of aliphatic hydroxyl groups is 1. The second-order valence-electron chi connectivity index (χ2n) is 4.63. The number of carbonyl (C=O) groups is 2. The lowest BCUT2D eigenvalue weighted by Crippen LogP contribution is -2.11. The van der Waals surface area contributed by atoms with Crippen LogP contribution in [-0.2, 0) is 16.0 Å². The van der Waals surface area contributed by atoms with Crippen molar-refractivity contribution in [2.24, 2.45) is 0 Å². The van der Waals surface area contributed by atoms with Gasteiger partial charge in [0.1, 0.15) is 11.5 Å². The lowest BCUT2D eigenvalue weighted by Gasteiger charge is -2.10. The van der Waals surface area contributed by atoms with Crippen LogP contribution in [-0.4, -0.2) is 23.7 Å². The van der Waals surface area contributed by atoms with E-state index in [9.17, 15) is 9.59 Å². The van der Waals surface area contributed by atoms with Gasteiger partial charge in [0.05, 0.1) is 0 Å². The third-order valence-electron chi connectivity index (χ3n) is 2.46. The van der Waals surface area contributed by atoms with Crippen molar-refractivity contribution < 1.29 is 24.2 Å². The summed E-state index contributed by atoms with van der Waals surface area (Å²) in [7, 11) is 0. The summed E-state index contributed by atoms with van der Waals surface area (Å²) < 4.78 is 10.2. The summed E-state index contributed by atoms with van der Waals surface area (Å²) >= 11 is 0. The number of hydrogen-bond donors (Lipinski definition) is 1. The van der Waals surface area contributed by atoms with Crippen LogP contribution in [0.2, 0.25) is 0 Å². The van der Waals surface area contributed by atoms with Gasteiger partial charge in [-0.25, -0.2) is 9.59 Å². The Morgan fingerprint density at radius 2 is 1.43 bits per heavy atom. The second-order valence-corrected chi connectivity index (χ2v) is 4.63. The van der Waals surface area contributed by atoms with Crippen molar-refractivity contribution in [2.75, 3.05) is 6.61 Å². The molecule has 5 heteroatoms. The van der Waals surface area contributed by atoms with Crippen molar-refractivity contribution in [3.8, 4) is 11.5 Å². The summed E-state index contributed by atoms with van der Waals surface area (Å²) in [6.45, 7) is 9.97. The molecule has 0 aliphatic carbocycles. The molecule has 0 amide bonds. The molecule has 0 saturated heterocycles. The SMILES string of the molecule is C=C(C)C(=O)Oc1cc(CCO)cc(OC(=O)C(=C)C)c1. The minimum Gasteiger partial charge on any atom is -0.423 e. The van der Waals surface area contributed by atoms with E-state index in [1.807, 2.05) is 0 Å². The summed E-state index contributed by atoms with van der Waals surface area (Å²) in [6, 6.07) is 4.60. The van der Waals surface area contributed by atoms with Crippen molar-refractivity contribution in [1.29, 1.82) is 0 Å². The fourth-order valence-electron chi connectivity index (χ4n) is 1.41. The van der Waals surface area contributed by atoms with E-state index in [-0.39, 0.29) is 29.3 Å². The van der Waals surface area contributed by atoms with E-state index in [2.05, 4.69) is 13.2 Å². The van der Waals surface area contributed by atoms with Crippen molar-refractivity contribution in [1.82, 2.24) is 0 Å². The molecule has 1 rings (SSSR count). The molecule has 1 aromatic carbocycles. The van der Waals surface area contributed by atoms with E-state index < -0.39 is 11.9 Å². The molecule has 0 aliphatic rings. The largest absolute Gasteiger partial charge is 0.423 e. The van der Waals surface area contributed by atoms with Crippen molar-refractivity contribution in [2.45, 2.75) is 20.3 Å². The van der Waals surface area contributed by atoms with Gasteiger partial charge in [0.25, 0.3) is 0 Å². The third kappa shape index (κ3) is 5.24. The highest BCUT2D eigenvalue weighted by atomic mass is 16.5. The maximum Gasteiger partial charge on any atom is 0.338 e. The highest BCUT2D eigenvalue weighted by molar-refractivity contribution is 5.89. The van der Waals surface area contributed by atoms with Gasteiger partial charge in [0.15, 0.2) is 0 Å². The van der Waals surface area contributed by atoms with E-state index >= 15 is 0 Å². The Morgan fingerprint density at radius 1 is 1.00 bits per heavy atom. The van der Waals surface area contributed by atoms with Gasteiger partial charge < -0.3 is 14.6 Å². The van der Waals surface area contributed by atoms with Crippen LogP contribution in [0.1, 0.15) is 19.4 Å². The standard InChI is InChI=1S/C16H18O5/c1-10(2)15(18)20-13-7-12(5-6-17)8-14(9-13)21-16(19)11(3)4/h7-9,17H,1,3,5-6H2,2,4H3. The number of esters is 2. The minimum atomic E-state index is -0.576. The molecule has 0 bridgehead atoms. The molecule has 1 N–H and O–H groups in total. The van der Waals surface area contributed by atoms with E-state index in [0.29, 0.717) is 12.0 Å². The predicted molar refractivity (Wildman–Crippen MR) is 78.1 cm³/mol. The molecule has 0 aliphatic heterocycles. The average molecular weight is 290 g/mol. The molecule has 21 heavy (non-hydrogen) atoms. The highest BCUT2D eigenvalue weighted by Gasteiger charge is 2.11. The number of rotatable bonds is 6. The lowest BCUT2D eigenvalue weighted by molar-refractivity contribution is -0.130. The molecule has 0 radical (unpaired) electrons. The molecule has 0 unspecified atom stereocenters. The van der Waals surface area contributed by atoms with Crippen LogP contribution >= 0.6 is 0 Å². The van der Waals surface area contributed by atoms with Crippen LogP contribution in [0.25, 0.3) is 0 Å². The Balaban J connectivity index is 3.05. The van der Waals surface area contributed by atoms with Gasteiger partial charge in [0, 0.05) is 23.8 Å². The summed E-state index contributed by atoms with van der Waals surface area (Å²) in [4.78, 5) is 23.1. The normalized spacial score (nSPS) is 9.86. The van der Waals surface area contributed by atoms with Crippen LogP contribution < -0.4 is 9.47 Å². The fraction of sp³-hybridized carbons (Fsp3) is 0.250. The molecule has 112 valence electrons. The Morgan fingerprint density at radius 3 is 1.76 bits per heavy atom. The molecule has 0 saturated carbocycles. The maximum atomic E-state index is 11.5. The van der Waals surface area contributed by atoms with Crippen LogP contribution in [0, 0.1) is 0 Å². The Hall–Kier alpha value is -2.40. The van der Waals surface area contributed by atoms with Crippen molar-refractivity contribution in [3.05, 3.63) is 48.1 Å².